The second-order valence-electron chi connectivity index (χ2n) is 6.78. The lowest BCUT2D eigenvalue weighted by Crippen LogP contribution is -2.46. The normalized spacial score (nSPS) is 16.9. The summed E-state index contributed by atoms with van der Waals surface area (Å²) in [6.45, 7) is 9.57. The van der Waals surface area contributed by atoms with Crippen LogP contribution in [0.15, 0.2) is 29.3 Å². The molecule has 148 valence electrons. The van der Waals surface area contributed by atoms with E-state index in [1.807, 2.05) is 19.2 Å². The van der Waals surface area contributed by atoms with Crippen LogP contribution in [0.4, 0.5) is 0 Å². The SMILES string of the molecule is CN=C(NCCC(C)C)NCC(c1cccc(Cl)c1)N1CCOCC1.I. The molecule has 1 aliphatic heterocycles. The van der Waals surface area contributed by atoms with Gasteiger partial charge in [-0.3, -0.25) is 9.89 Å². The molecular weight excluding hydrogens is 463 g/mol. The first-order valence-electron chi connectivity index (χ1n) is 9.12. The Hall–Kier alpha value is -0.570. The molecule has 1 unspecified atom stereocenters. The van der Waals surface area contributed by atoms with Crippen molar-refractivity contribution in [2.45, 2.75) is 26.3 Å². The van der Waals surface area contributed by atoms with Gasteiger partial charge in [-0.1, -0.05) is 37.6 Å². The summed E-state index contributed by atoms with van der Waals surface area (Å²) >= 11 is 6.22. The van der Waals surface area contributed by atoms with Gasteiger partial charge in [-0.05, 0) is 30.0 Å². The standard InChI is InChI=1S/C19H31ClN4O.HI/c1-15(2)7-8-22-19(21-3)23-14-18(24-9-11-25-12-10-24)16-5-4-6-17(20)13-16;/h4-6,13,15,18H,7-12,14H2,1-3H3,(H2,21,22,23);1H. The summed E-state index contributed by atoms with van der Waals surface area (Å²) in [7, 11) is 1.81. The lowest BCUT2D eigenvalue weighted by Gasteiger charge is -2.35. The minimum atomic E-state index is 0. The molecule has 2 N–H and O–H groups in total. The fourth-order valence-corrected chi connectivity index (χ4v) is 3.15. The molecule has 7 heteroatoms. The minimum absolute atomic E-state index is 0. The summed E-state index contributed by atoms with van der Waals surface area (Å²) in [5, 5.41) is 7.64. The molecule has 1 atom stereocenters. The van der Waals surface area contributed by atoms with Crippen LogP contribution in [0, 0.1) is 5.92 Å². The zero-order valence-electron chi connectivity index (χ0n) is 16.0. The van der Waals surface area contributed by atoms with E-state index in [-0.39, 0.29) is 30.0 Å². The van der Waals surface area contributed by atoms with Gasteiger partial charge in [-0.25, -0.2) is 0 Å². The zero-order chi connectivity index (χ0) is 18.1. The van der Waals surface area contributed by atoms with Gasteiger partial charge < -0.3 is 15.4 Å². The molecule has 26 heavy (non-hydrogen) atoms. The Bertz CT molecular complexity index is 550. The van der Waals surface area contributed by atoms with E-state index in [0.717, 1.165) is 56.8 Å². The van der Waals surface area contributed by atoms with E-state index in [0.29, 0.717) is 5.92 Å². The number of guanidine groups is 1. The molecule has 1 aliphatic rings. The van der Waals surface area contributed by atoms with E-state index >= 15 is 0 Å². The summed E-state index contributed by atoms with van der Waals surface area (Å²) in [5.41, 5.74) is 1.22. The topological polar surface area (TPSA) is 48.9 Å². The monoisotopic (exact) mass is 494 g/mol. The van der Waals surface area contributed by atoms with E-state index in [2.05, 4.69) is 46.5 Å². The van der Waals surface area contributed by atoms with E-state index in [4.69, 9.17) is 16.3 Å². The largest absolute Gasteiger partial charge is 0.379 e. The molecule has 1 aromatic rings. The van der Waals surface area contributed by atoms with Gasteiger partial charge in [-0.15, -0.1) is 24.0 Å². The van der Waals surface area contributed by atoms with Gasteiger partial charge in [0.2, 0.25) is 0 Å². The summed E-state index contributed by atoms with van der Waals surface area (Å²) in [4.78, 5) is 6.79. The molecular formula is C19H32ClIN4O. The van der Waals surface area contributed by atoms with E-state index in [1.54, 1.807) is 0 Å². The Labute approximate surface area is 179 Å². The van der Waals surface area contributed by atoms with Crippen molar-refractivity contribution >= 4 is 41.5 Å². The van der Waals surface area contributed by atoms with E-state index < -0.39 is 0 Å². The van der Waals surface area contributed by atoms with Crippen LogP contribution in [-0.4, -0.2) is 57.3 Å². The molecule has 0 radical (unpaired) electrons. The number of aliphatic imine (C=N–C) groups is 1. The van der Waals surface area contributed by atoms with Crippen LogP contribution in [0.1, 0.15) is 31.9 Å². The molecule has 5 nitrogen and oxygen atoms in total. The Kier molecular flexibility index (Phi) is 11.5. The fraction of sp³-hybridized carbons (Fsp3) is 0.632. The average Bonchev–Trinajstić information content (AvgIpc) is 2.61. The van der Waals surface area contributed by atoms with Crippen LogP contribution >= 0.6 is 35.6 Å². The molecule has 1 fully saturated rings. The predicted molar refractivity (Wildman–Crippen MR) is 121 cm³/mol. The zero-order valence-corrected chi connectivity index (χ0v) is 19.1. The van der Waals surface area contributed by atoms with Gasteiger partial charge in [0.15, 0.2) is 5.96 Å². The number of morpholine rings is 1. The predicted octanol–water partition coefficient (Wildman–Crippen LogP) is 3.54. The van der Waals surface area contributed by atoms with Crippen LogP contribution in [0.25, 0.3) is 0 Å². The van der Waals surface area contributed by atoms with Gasteiger partial charge in [0, 0.05) is 38.2 Å². The van der Waals surface area contributed by atoms with E-state index in [1.165, 1.54) is 5.56 Å². The van der Waals surface area contributed by atoms with Gasteiger partial charge >= 0.3 is 0 Å². The van der Waals surface area contributed by atoms with Crippen molar-refractivity contribution in [3.05, 3.63) is 34.9 Å². The minimum Gasteiger partial charge on any atom is -0.379 e. The number of nitrogens with zero attached hydrogens (tertiary/aromatic N) is 2. The van der Waals surface area contributed by atoms with Crippen LogP contribution in [0.3, 0.4) is 0 Å². The highest BCUT2D eigenvalue weighted by atomic mass is 127. The molecule has 2 rings (SSSR count). The number of rotatable bonds is 7. The first-order valence-corrected chi connectivity index (χ1v) is 9.49. The first-order chi connectivity index (χ1) is 12.1. The lowest BCUT2D eigenvalue weighted by molar-refractivity contribution is 0.0170. The van der Waals surface area contributed by atoms with Gasteiger partial charge in [0.25, 0.3) is 0 Å². The van der Waals surface area contributed by atoms with Crippen LogP contribution in [0.5, 0.6) is 0 Å². The Morgan fingerprint density at radius 3 is 2.62 bits per heavy atom. The number of hydrogen-bond donors (Lipinski definition) is 2. The van der Waals surface area contributed by atoms with Crippen LogP contribution < -0.4 is 10.6 Å². The van der Waals surface area contributed by atoms with Gasteiger partial charge in [-0.2, -0.15) is 0 Å². The molecule has 0 bridgehead atoms. The molecule has 0 aliphatic carbocycles. The number of benzene rings is 1. The molecule has 0 saturated carbocycles. The summed E-state index contributed by atoms with van der Waals surface area (Å²) in [6, 6.07) is 8.37. The molecule has 1 aromatic carbocycles. The third kappa shape index (κ3) is 7.98. The highest BCUT2D eigenvalue weighted by Crippen LogP contribution is 2.23. The molecule has 0 amide bonds. The second kappa shape index (κ2) is 12.8. The van der Waals surface area contributed by atoms with Crippen molar-refractivity contribution in [1.82, 2.24) is 15.5 Å². The lowest BCUT2D eigenvalue weighted by atomic mass is 10.0. The molecule has 1 saturated heterocycles. The highest BCUT2D eigenvalue weighted by Gasteiger charge is 2.23. The molecule has 0 aromatic heterocycles. The number of ether oxygens (including phenoxy) is 1. The second-order valence-corrected chi connectivity index (χ2v) is 7.22. The summed E-state index contributed by atoms with van der Waals surface area (Å²) < 4.78 is 5.51. The van der Waals surface area contributed by atoms with E-state index in [9.17, 15) is 0 Å². The van der Waals surface area contributed by atoms with Crippen molar-refractivity contribution in [3.8, 4) is 0 Å². The third-order valence-electron chi connectivity index (χ3n) is 4.42. The van der Waals surface area contributed by atoms with Crippen LogP contribution in [-0.2, 0) is 4.74 Å². The maximum atomic E-state index is 6.22. The maximum absolute atomic E-state index is 6.22. The average molecular weight is 495 g/mol. The molecule has 1 heterocycles. The Morgan fingerprint density at radius 2 is 2.00 bits per heavy atom. The van der Waals surface area contributed by atoms with Crippen molar-refractivity contribution in [1.29, 1.82) is 0 Å². The van der Waals surface area contributed by atoms with Crippen molar-refractivity contribution < 1.29 is 4.74 Å². The van der Waals surface area contributed by atoms with Gasteiger partial charge in [0.05, 0.1) is 19.3 Å². The van der Waals surface area contributed by atoms with Crippen LogP contribution in [0.2, 0.25) is 5.02 Å². The number of nitrogens with one attached hydrogen (secondary N) is 2. The van der Waals surface area contributed by atoms with Gasteiger partial charge in [0.1, 0.15) is 0 Å². The number of hydrogen-bond acceptors (Lipinski definition) is 3. The highest BCUT2D eigenvalue weighted by molar-refractivity contribution is 14.0. The fourth-order valence-electron chi connectivity index (χ4n) is 2.95. The summed E-state index contributed by atoms with van der Waals surface area (Å²) in [6.07, 6.45) is 1.13. The molecule has 0 spiro atoms. The smallest absolute Gasteiger partial charge is 0.191 e. The maximum Gasteiger partial charge on any atom is 0.191 e. The third-order valence-corrected chi connectivity index (χ3v) is 4.66. The number of halogens is 2. The van der Waals surface area contributed by atoms with Crippen molar-refractivity contribution in [3.63, 3.8) is 0 Å². The van der Waals surface area contributed by atoms with Crippen molar-refractivity contribution in [2.24, 2.45) is 10.9 Å². The summed E-state index contributed by atoms with van der Waals surface area (Å²) in [5.74, 6) is 1.53. The van der Waals surface area contributed by atoms with Crippen molar-refractivity contribution in [2.75, 3.05) is 46.4 Å². The first kappa shape index (κ1) is 23.5. The Balaban J connectivity index is 0.00000338. The Morgan fingerprint density at radius 1 is 1.27 bits per heavy atom. The quantitative estimate of drug-likeness (QED) is 0.346.